The van der Waals surface area contributed by atoms with Gasteiger partial charge in [0.25, 0.3) is 10.0 Å². The Morgan fingerprint density at radius 3 is 2.42 bits per heavy atom. The van der Waals surface area contributed by atoms with E-state index in [1.807, 2.05) is 29.8 Å². The average molecular weight is 345 g/mol. The molecule has 2 amide bonds. The normalized spacial score (nSPS) is 11.1. The predicted molar refractivity (Wildman–Crippen MR) is 93.3 cm³/mol. The zero-order chi connectivity index (χ0) is 17.6. The van der Waals surface area contributed by atoms with Gasteiger partial charge >= 0.3 is 6.03 Å². The Kier molecular flexibility index (Phi) is 5.98. The maximum Gasteiger partial charge on any atom is 0.328 e. The van der Waals surface area contributed by atoms with E-state index in [-0.39, 0.29) is 4.90 Å². The van der Waals surface area contributed by atoms with Crippen LogP contribution in [-0.2, 0) is 22.9 Å². The Morgan fingerprint density at radius 1 is 1.08 bits per heavy atom. The van der Waals surface area contributed by atoms with Crippen molar-refractivity contribution in [2.24, 2.45) is 0 Å². The lowest BCUT2D eigenvalue weighted by Crippen LogP contribution is -2.40. The highest BCUT2D eigenvalue weighted by molar-refractivity contribution is 7.90. The van der Waals surface area contributed by atoms with Gasteiger partial charge in [0.1, 0.15) is 0 Å². The molecule has 2 N–H and O–H groups in total. The first-order valence-electron chi connectivity index (χ1n) is 7.78. The number of hydrogen-bond acceptors (Lipinski definition) is 3. The molecule has 0 aliphatic rings. The van der Waals surface area contributed by atoms with E-state index in [1.165, 1.54) is 12.1 Å². The molecule has 2 aromatic carbocycles. The Bertz CT molecular complexity index is 799. The number of amides is 2. The van der Waals surface area contributed by atoms with Gasteiger partial charge in [0.2, 0.25) is 0 Å². The van der Waals surface area contributed by atoms with Crippen LogP contribution < -0.4 is 10.0 Å². The predicted octanol–water partition coefficient (Wildman–Crippen LogP) is 2.59. The van der Waals surface area contributed by atoms with Gasteiger partial charge in [0.05, 0.1) is 4.90 Å². The number of carbonyl (C=O) groups excluding carboxylic acids is 1. The van der Waals surface area contributed by atoms with Gasteiger partial charge in [-0.3, -0.25) is 0 Å². The summed E-state index contributed by atoms with van der Waals surface area (Å²) in [5.41, 5.74) is 3.04. The third kappa shape index (κ3) is 5.09. The minimum Gasteiger partial charge on any atom is -0.337 e. The van der Waals surface area contributed by atoms with Crippen LogP contribution in [0.3, 0.4) is 0 Å². The van der Waals surface area contributed by atoms with Gasteiger partial charge in [-0.2, -0.15) is 0 Å². The lowest BCUT2D eigenvalue weighted by molar-refractivity contribution is 0.246. The number of sulfonamides is 1. The summed E-state index contributed by atoms with van der Waals surface area (Å²) >= 11 is 0. The third-order valence-corrected chi connectivity index (χ3v) is 4.88. The Hall–Kier alpha value is -2.34. The number of carbonyl (C=O) groups is 1. The minimum absolute atomic E-state index is 0.0623. The van der Waals surface area contributed by atoms with Crippen LogP contribution in [0.25, 0.3) is 0 Å². The molecule has 0 bridgehead atoms. The summed E-state index contributed by atoms with van der Waals surface area (Å²) in [6, 6.07) is 14.7. The van der Waals surface area contributed by atoms with Gasteiger partial charge in [-0.25, -0.2) is 17.9 Å². The van der Waals surface area contributed by atoms with E-state index in [4.69, 9.17) is 0 Å². The van der Waals surface area contributed by atoms with Crippen molar-refractivity contribution in [2.75, 3.05) is 6.54 Å². The van der Waals surface area contributed by atoms with Crippen LogP contribution >= 0.6 is 0 Å². The molecule has 0 saturated carbocycles. The van der Waals surface area contributed by atoms with Crippen LogP contribution in [0.15, 0.2) is 47.4 Å². The number of hydrogen-bond donors (Lipinski definition) is 2. The molecule has 0 saturated heterocycles. The fourth-order valence-electron chi connectivity index (χ4n) is 2.17. The van der Waals surface area contributed by atoms with E-state index in [0.29, 0.717) is 13.0 Å². The topological polar surface area (TPSA) is 75.3 Å². The highest BCUT2D eigenvalue weighted by Gasteiger charge is 2.16. The number of urea groups is 1. The summed E-state index contributed by atoms with van der Waals surface area (Å²) in [5, 5.41) is 2.56. The number of nitrogens with one attached hydrogen (secondary N) is 2. The van der Waals surface area contributed by atoms with Crippen LogP contribution in [0, 0.1) is 13.0 Å². The zero-order valence-corrected chi connectivity index (χ0v) is 14.6. The summed E-state index contributed by atoms with van der Waals surface area (Å²) in [6.45, 7) is 4.25. The van der Waals surface area contributed by atoms with Crippen molar-refractivity contribution in [1.29, 1.82) is 0 Å². The second-order valence-electron chi connectivity index (χ2n) is 5.48. The van der Waals surface area contributed by atoms with Crippen molar-refractivity contribution in [2.45, 2.75) is 31.6 Å². The maximum absolute atomic E-state index is 12.1. The number of benzene rings is 2. The van der Waals surface area contributed by atoms with Gasteiger partial charge < -0.3 is 5.32 Å². The lowest BCUT2D eigenvalue weighted by Gasteiger charge is -2.09. The molecule has 0 aliphatic heterocycles. The summed E-state index contributed by atoms with van der Waals surface area (Å²) in [7, 11) is -3.85. The monoisotopic (exact) mass is 345 g/mol. The van der Waals surface area contributed by atoms with Gasteiger partial charge in [0, 0.05) is 6.54 Å². The largest absolute Gasteiger partial charge is 0.337 e. The van der Waals surface area contributed by atoms with Gasteiger partial charge in [-0.15, -0.1) is 0 Å². The van der Waals surface area contributed by atoms with E-state index in [1.54, 1.807) is 12.1 Å². The van der Waals surface area contributed by atoms with Crippen LogP contribution in [0.1, 0.15) is 23.6 Å². The van der Waals surface area contributed by atoms with E-state index < -0.39 is 16.1 Å². The van der Waals surface area contributed by atoms with Gasteiger partial charge in [-0.05, 0) is 49.1 Å². The molecule has 0 heterocycles. The molecule has 0 aliphatic carbocycles. The van der Waals surface area contributed by atoms with Crippen LogP contribution in [-0.4, -0.2) is 21.0 Å². The third-order valence-electron chi connectivity index (χ3n) is 3.54. The molecule has 6 heteroatoms. The van der Waals surface area contributed by atoms with Crippen molar-refractivity contribution in [3.05, 3.63) is 65.2 Å². The van der Waals surface area contributed by atoms with Gasteiger partial charge in [-0.1, -0.05) is 42.8 Å². The molecule has 0 fully saturated rings. The molecule has 0 aromatic heterocycles. The molecule has 0 unspecified atom stereocenters. The molecule has 0 atom stereocenters. The highest BCUT2D eigenvalue weighted by Crippen LogP contribution is 2.09. The Balaban J connectivity index is 1.87. The van der Waals surface area contributed by atoms with Crippen molar-refractivity contribution in [3.8, 4) is 0 Å². The van der Waals surface area contributed by atoms with Crippen molar-refractivity contribution >= 4 is 16.1 Å². The molecule has 2 rings (SSSR count). The van der Waals surface area contributed by atoms with E-state index in [9.17, 15) is 13.2 Å². The molecule has 0 spiro atoms. The van der Waals surface area contributed by atoms with Crippen LogP contribution in [0.2, 0.25) is 0 Å². The second kappa shape index (κ2) is 7.97. The van der Waals surface area contributed by atoms with Crippen molar-refractivity contribution in [1.82, 2.24) is 10.0 Å². The van der Waals surface area contributed by atoms with E-state index in [2.05, 4.69) is 18.3 Å². The molecule has 24 heavy (non-hydrogen) atoms. The summed E-state index contributed by atoms with van der Waals surface area (Å²) < 4.78 is 26.2. The molecule has 2 aromatic rings. The second-order valence-corrected chi connectivity index (χ2v) is 7.16. The van der Waals surface area contributed by atoms with Crippen molar-refractivity contribution < 1.29 is 13.2 Å². The highest BCUT2D eigenvalue weighted by atomic mass is 32.2. The molecule has 5 nitrogen and oxygen atoms in total. The van der Waals surface area contributed by atoms with Gasteiger partial charge in [0.15, 0.2) is 0 Å². The summed E-state index contributed by atoms with van der Waals surface area (Å²) in [5.74, 6) is 0. The quantitative estimate of drug-likeness (QED) is 0.845. The first-order chi connectivity index (χ1) is 11.4. The molecular formula is C18H21N2O3S. The molecular weight excluding hydrogens is 324 g/mol. The van der Waals surface area contributed by atoms with Crippen LogP contribution in [0.5, 0.6) is 0 Å². The zero-order valence-electron chi connectivity index (χ0n) is 13.8. The minimum atomic E-state index is -3.85. The van der Waals surface area contributed by atoms with Crippen LogP contribution in [0.4, 0.5) is 4.79 Å². The standard InChI is InChI=1S/C18H21N2O3S/c1-3-15-5-4-6-16(13-15)11-12-19-18(21)20-24(22,23)17-9-7-14(2)8-10-17/h4-10H,3,11-12H2,1-2H3,(H2,19,20,21). The molecule has 1 radical (unpaired) electrons. The summed E-state index contributed by atoms with van der Waals surface area (Å²) in [4.78, 5) is 11.9. The first kappa shape index (κ1) is 18.0. The Labute approximate surface area is 143 Å². The number of aryl methyl sites for hydroxylation is 2. The number of rotatable bonds is 6. The Morgan fingerprint density at radius 2 is 1.75 bits per heavy atom. The van der Waals surface area contributed by atoms with Crippen molar-refractivity contribution in [3.63, 3.8) is 0 Å². The molecule has 127 valence electrons. The van der Waals surface area contributed by atoms with E-state index >= 15 is 0 Å². The fraction of sp³-hybridized carbons (Fsp3) is 0.278. The first-order valence-corrected chi connectivity index (χ1v) is 9.26. The maximum atomic E-state index is 12.1. The average Bonchev–Trinajstić information content (AvgIpc) is 2.55. The summed E-state index contributed by atoms with van der Waals surface area (Å²) in [6.07, 6.45) is 1.49. The lowest BCUT2D eigenvalue weighted by atomic mass is 10.1. The fourth-order valence-corrected chi connectivity index (χ4v) is 3.10. The van der Waals surface area contributed by atoms with E-state index in [0.717, 1.165) is 23.1 Å². The SMILES string of the molecule is CCc1[c]c(CCNC(=O)NS(=O)(=O)c2ccc(C)cc2)ccc1. The smallest absolute Gasteiger partial charge is 0.328 e.